The number of amides is 1. The molecule has 37 heavy (non-hydrogen) atoms. The van der Waals surface area contributed by atoms with Crippen molar-refractivity contribution in [2.75, 3.05) is 32.8 Å². The van der Waals surface area contributed by atoms with Crippen LogP contribution < -0.4 is 14.8 Å². The molecule has 3 aromatic carbocycles. The first-order chi connectivity index (χ1) is 17.9. The van der Waals surface area contributed by atoms with Gasteiger partial charge in [-0.05, 0) is 60.5 Å². The summed E-state index contributed by atoms with van der Waals surface area (Å²) in [5.41, 5.74) is 1.92. The van der Waals surface area contributed by atoms with Gasteiger partial charge >= 0.3 is 0 Å². The fraction of sp³-hybridized carbons (Fsp3) is 0.286. The molecular weight excluding hydrogens is 482 g/mol. The predicted molar refractivity (Wildman–Crippen MR) is 132 cm³/mol. The highest BCUT2D eigenvalue weighted by Gasteiger charge is 2.31. The number of carbonyl (C=O) groups excluding carboxylic acids is 2. The highest BCUT2D eigenvalue weighted by Crippen LogP contribution is 2.36. The molecule has 2 unspecified atom stereocenters. The Balaban J connectivity index is 1.32. The molecule has 2 atom stereocenters. The van der Waals surface area contributed by atoms with E-state index in [1.807, 2.05) is 4.90 Å². The Labute approximate surface area is 212 Å². The standard InChI is InChI=1S/C28H26F2N2O5/c29-21-8-6-18(7-9-21)17-2-4-19(5-3-17)26(34)28(35)31-23(16-32-10-1-11-32)25(33)20-14-22(30)27-24(15-20)36-12-13-37-27/h2-9,14-15,23,25,33H,1,10-13,16H2,(H,31,35). The van der Waals surface area contributed by atoms with Crippen LogP contribution in [0.5, 0.6) is 11.5 Å². The van der Waals surface area contributed by atoms with Crippen LogP contribution in [0, 0.1) is 11.6 Å². The molecule has 2 heterocycles. The molecule has 2 aliphatic rings. The Kier molecular flexibility index (Phi) is 7.16. The molecule has 2 aliphatic heterocycles. The number of aliphatic hydroxyl groups excluding tert-OH is 1. The lowest BCUT2D eigenvalue weighted by Gasteiger charge is -2.36. The van der Waals surface area contributed by atoms with Gasteiger partial charge in [-0.25, -0.2) is 8.78 Å². The van der Waals surface area contributed by atoms with Gasteiger partial charge in [-0.1, -0.05) is 36.4 Å². The summed E-state index contributed by atoms with van der Waals surface area (Å²) in [4.78, 5) is 27.8. The summed E-state index contributed by atoms with van der Waals surface area (Å²) in [6.45, 7) is 2.38. The maximum absolute atomic E-state index is 14.6. The minimum Gasteiger partial charge on any atom is -0.486 e. The molecule has 5 rings (SSSR count). The number of nitrogens with one attached hydrogen (secondary N) is 1. The van der Waals surface area contributed by atoms with Crippen molar-refractivity contribution in [2.45, 2.75) is 18.6 Å². The number of ether oxygens (including phenoxy) is 2. The summed E-state index contributed by atoms with van der Waals surface area (Å²) in [6.07, 6.45) is -0.294. The van der Waals surface area contributed by atoms with Crippen LogP contribution in [0.15, 0.2) is 60.7 Å². The third-order valence-electron chi connectivity index (χ3n) is 6.59. The first kappa shape index (κ1) is 24.9. The van der Waals surface area contributed by atoms with Crippen LogP contribution in [-0.2, 0) is 4.79 Å². The first-order valence-corrected chi connectivity index (χ1v) is 12.1. The van der Waals surface area contributed by atoms with Gasteiger partial charge in [-0.3, -0.25) is 9.59 Å². The SMILES string of the molecule is O=C(NC(CN1CCC1)C(O)c1cc(F)c2c(c1)OCCO2)C(=O)c1ccc(-c2ccc(F)cc2)cc1. The van der Waals surface area contributed by atoms with E-state index in [1.54, 1.807) is 24.3 Å². The van der Waals surface area contributed by atoms with E-state index in [2.05, 4.69) is 5.32 Å². The number of benzene rings is 3. The molecule has 192 valence electrons. The zero-order valence-electron chi connectivity index (χ0n) is 20.0. The number of carbonyl (C=O) groups is 2. The van der Waals surface area contributed by atoms with Crippen LogP contribution in [-0.4, -0.2) is 60.6 Å². The number of aliphatic hydroxyl groups is 1. The van der Waals surface area contributed by atoms with Crippen molar-refractivity contribution in [3.05, 3.63) is 83.4 Å². The average Bonchev–Trinajstić information content (AvgIpc) is 2.89. The Bertz CT molecular complexity index is 1290. The molecule has 0 saturated carbocycles. The largest absolute Gasteiger partial charge is 0.486 e. The first-order valence-electron chi connectivity index (χ1n) is 12.1. The van der Waals surface area contributed by atoms with Crippen LogP contribution in [0.4, 0.5) is 8.78 Å². The number of likely N-dealkylation sites (tertiary alicyclic amines) is 1. The maximum atomic E-state index is 14.6. The third kappa shape index (κ3) is 5.47. The summed E-state index contributed by atoms with van der Waals surface area (Å²) in [6, 6.07) is 14.1. The number of nitrogens with zero attached hydrogens (tertiary/aromatic N) is 1. The van der Waals surface area contributed by atoms with E-state index in [4.69, 9.17) is 9.47 Å². The smallest absolute Gasteiger partial charge is 0.292 e. The van der Waals surface area contributed by atoms with Gasteiger partial charge < -0.3 is 24.8 Å². The second-order valence-electron chi connectivity index (χ2n) is 9.12. The van der Waals surface area contributed by atoms with Crippen molar-refractivity contribution in [1.82, 2.24) is 10.2 Å². The van der Waals surface area contributed by atoms with Crippen LogP contribution in [0.25, 0.3) is 11.1 Å². The molecule has 2 N–H and O–H groups in total. The second-order valence-corrected chi connectivity index (χ2v) is 9.12. The summed E-state index contributed by atoms with van der Waals surface area (Å²) < 4.78 is 38.6. The minimum atomic E-state index is -1.29. The summed E-state index contributed by atoms with van der Waals surface area (Å²) in [5.74, 6) is -2.48. The zero-order valence-corrected chi connectivity index (χ0v) is 20.0. The molecule has 1 amide bonds. The summed E-state index contributed by atoms with van der Waals surface area (Å²) >= 11 is 0. The number of fused-ring (bicyclic) bond motifs is 1. The quantitative estimate of drug-likeness (QED) is 0.358. The van der Waals surface area contributed by atoms with E-state index in [-0.39, 0.29) is 41.7 Å². The molecule has 1 saturated heterocycles. The highest BCUT2D eigenvalue weighted by molar-refractivity contribution is 6.42. The molecule has 0 bridgehead atoms. The van der Waals surface area contributed by atoms with Gasteiger partial charge in [0.1, 0.15) is 25.1 Å². The van der Waals surface area contributed by atoms with Crippen molar-refractivity contribution in [3.8, 4) is 22.6 Å². The van der Waals surface area contributed by atoms with Crippen molar-refractivity contribution in [2.24, 2.45) is 0 Å². The number of halogens is 2. The summed E-state index contributed by atoms with van der Waals surface area (Å²) in [7, 11) is 0. The minimum absolute atomic E-state index is 0.00945. The fourth-order valence-corrected chi connectivity index (χ4v) is 4.42. The van der Waals surface area contributed by atoms with Crippen LogP contribution >= 0.6 is 0 Å². The average molecular weight is 509 g/mol. The monoisotopic (exact) mass is 508 g/mol. The number of Topliss-reactive ketones (excluding diaryl/α,β-unsaturated/α-hetero) is 1. The Morgan fingerprint density at radius 3 is 2.24 bits per heavy atom. The normalized spacial score (nSPS) is 16.4. The van der Waals surface area contributed by atoms with E-state index in [9.17, 15) is 23.5 Å². The molecule has 9 heteroatoms. The van der Waals surface area contributed by atoms with E-state index in [1.165, 1.54) is 30.3 Å². The van der Waals surface area contributed by atoms with Crippen LogP contribution in [0.2, 0.25) is 0 Å². The Hall–Kier alpha value is -3.82. The zero-order chi connectivity index (χ0) is 25.9. The van der Waals surface area contributed by atoms with E-state index >= 15 is 0 Å². The van der Waals surface area contributed by atoms with E-state index in [0.717, 1.165) is 36.7 Å². The van der Waals surface area contributed by atoms with Crippen molar-refractivity contribution < 1.29 is 33.0 Å². The third-order valence-corrected chi connectivity index (χ3v) is 6.59. The Morgan fingerprint density at radius 2 is 1.59 bits per heavy atom. The van der Waals surface area contributed by atoms with Gasteiger partial charge in [0.15, 0.2) is 17.3 Å². The van der Waals surface area contributed by atoms with E-state index < -0.39 is 29.7 Å². The van der Waals surface area contributed by atoms with E-state index in [0.29, 0.717) is 6.54 Å². The topological polar surface area (TPSA) is 88.1 Å². The van der Waals surface area contributed by atoms with Crippen molar-refractivity contribution in [1.29, 1.82) is 0 Å². The predicted octanol–water partition coefficient (Wildman–Crippen LogP) is 3.51. The maximum Gasteiger partial charge on any atom is 0.292 e. The lowest BCUT2D eigenvalue weighted by molar-refractivity contribution is -0.118. The molecule has 0 spiro atoms. The number of rotatable bonds is 8. The van der Waals surface area contributed by atoms with Crippen molar-refractivity contribution in [3.63, 3.8) is 0 Å². The van der Waals surface area contributed by atoms with Gasteiger partial charge in [-0.15, -0.1) is 0 Å². The number of hydrogen-bond acceptors (Lipinski definition) is 6. The van der Waals surface area contributed by atoms with Gasteiger partial charge in [0.05, 0.1) is 6.04 Å². The molecule has 0 radical (unpaired) electrons. The van der Waals surface area contributed by atoms with Crippen LogP contribution in [0.3, 0.4) is 0 Å². The molecule has 0 aliphatic carbocycles. The van der Waals surface area contributed by atoms with Crippen molar-refractivity contribution >= 4 is 11.7 Å². The lowest BCUT2D eigenvalue weighted by Crippen LogP contribution is -2.52. The van der Waals surface area contributed by atoms with Gasteiger partial charge in [0, 0.05) is 12.1 Å². The highest BCUT2D eigenvalue weighted by atomic mass is 19.1. The molecular formula is C28H26F2N2O5. The Morgan fingerprint density at radius 1 is 0.946 bits per heavy atom. The number of ketones is 1. The molecule has 3 aromatic rings. The van der Waals surface area contributed by atoms with Gasteiger partial charge in [0.25, 0.3) is 5.91 Å². The summed E-state index contributed by atoms with van der Waals surface area (Å²) in [5, 5.41) is 13.8. The second kappa shape index (κ2) is 10.7. The number of hydrogen-bond donors (Lipinski definition) is 2. The fourth-order valence-electron chi connectivity index (χ4n) is 4.42. The molecule has 1 fully saturated rings. The molecule has 7 nitrogen and oxygen atoms in total. The lowest BCUT2D eigenvalue weighted by atomic mass is 9.98. The van der Waals surface area contributed by atoms with Crippen LogP contribution in [0.1, 0.15) is 28.4 Å². The van der Waals surface area contributed by atoms with Gasteiger partial charge in [0.2, 0.25) is 5.78 Å². The molecule has 0 aromatic heterocycles. The van der Waals surface area contributed by atoms with Gasteiger partial charge in [-0.2, -0.15) is 0 Å².